The maximum Gasteiger partial charge on any atom is 0.267 e. The van der Waals surface area contributed by atoms with Crippen LogP contribution in [0.3, 0.4) is 0 Å². The number of rotatable bonds is 3. The summed E-state index contributed by atoms with van der Waals surface area (Å²) in [5.74, 6) is -0.438. The third-order valence-electron chi connectivity index (χ3n) is 4.02. The Bertz CT molecular complexity index is 867. The second-order valence-corrected chi connectivity index (χ2v) is 6.08. The highest BCUT2D eigenvalue weighted by Crippen LogP contribution is 2.28. The van der Waals surface area contributed by atoms with Gasteiger partial charge in [0, 0.05) is 29.1 Å². The lowest BCUT2D eigenvalue weighted by molar-refractivity contribution is -0.112. The Kier molecular flexibility index (Phi) is 4.54. The molecule has 0 fully saturated rings. The van der Waals surface area contributed by atoms with Crippen LogP contribution in [0.25, 0.3) is 0 Å². The summed E-state index contributed by atoms with van der Waals surface area (Å²) in [6, 6.07) is 15.2. The van der Waals surface area contributed by atoms with E-state index in [1.807, 2.05) is 42.2 Å². The number of carbonyl (C=O) groups excluding carboxylic acids is 1. The fourth-order valence-electron chi connectivity index (χ4n) is 2.71. The largest absolute Gasteiger partial charge is 0.346 e. The molecule has 120 valence electrons. The summed E-state index contributed by atoms with van der Waals surface area (Å²) in [6.45, 7) is 2.63. The normalized spacial score (nSPS) is 13.4. The molecule has 0 radical (unpaired) electrons. The number of fused-ring (bicyclic) bond motifs is 1. The molecule has 0 unspecified atom stereocenters. The molecule has 2 aromatic rings. The van der Waals surface area contributed by atoms with Crippen molar-refractivity contribution in [1.82, 2.24) is 0 Å². The van der Waals surface area contributed by atoms with Gasteiger partial charge >= 0.3 is 0 Å². The first kappa shape index (κ1) is 16.1. The van der Waals surface area contributed by atoms with Crippen molar-refractivity contribution in [3.8, 4) is 6.07 Å². The number of nitrogens with one attached hydrogen (secondary N) is 1. The van der Waals surface area contributed by atoms with Crippen molar-refractivity contribution in [3.63, 3.8) is 0 Å². The number of amides is 1. The van der Waals surface area contributed by atoms with Gasteiger partial charge in [0.1, 0.15) is 11.6 Å². The maximum absolute atomic E-state index is 12.4. The minimum atomic E-state index is -0.438. The molecule has 0 spiro atoms. The molecule has 24 heavy (non-hydrogen) atoms. The number of hydrogen-bond acceptors (Lipinski definition) is 3. The van der Waals surface area contributed by atoms with Gasteiger partial charge in [-0.3, -0.25) is 4.79 Å². The van der Waals surface area contributed by atoms with Gasteiger partial charge in [-0.1, -0.05) is 35.9 Å². The molecule has 1 aliphatic rings. The molecule has 1 heterocycles. The second-order valence-electron chi connectivity index (χ2n) is 5.64. The van der Waals surface area contributed by atoms with Crippen molar-refractivity contribution in [2.24, 2.45) is 0 Å². The number of benzene rings is 2. The molecule has 0 saturated carbocycles. The zero-order valence-corrected chi connectivity index (χ0v) is 14.0. The summed E-state index contributed by atoms with van der Waals surface area (Å²) in [7, 11) is 0. The highest BCUT2D eigenvalue weighted by molar-refractivity contribution is 6.31. The van der Waals surface area contributed by atoms with Crippen LogP contribution >= 0.6 is 11.6 Å². The first-order chi connectivity index (χ1) is 11.6. The van der Waals surface area contributed by atoms with Crippen molar-refractivity contribution in [2.45, 2.75) is 13.3 Å². The molecule has 0 aliphatic carbocycles. The number of para-hydroxylation sites is 1. The summed E-state index contributed by atoms with van der Waals surface area (Å²) in [6.07, 6.45) is 2.52. The van der Waals surface area contributed by atoms with E-state index in [9.17, 15) is 10.1 Å². The SMILES string of the molecule is Cc1ccc(Cl)cc1NC(=O)/C(C#N)=C\N1CCc2ccccc21. The van der Waals surface area contributed by atoms with Crippen LogP contribution in [0.4, 0.5) is 11.4 Å². The summed E-state index contributed by atoms with van der Waals surface area (Å²) < 4.78 is 0. The topological polar surface area (TPSA) is 56.1 Å². The number of nitriles is 1. The van der Waals surface area contributed by atoms with Gasteiger partial charge in [-0.05, 0) is 42.7 Å². The zero-order valence-electron chi connectivity index (χ0n) is 13.2. The van der Waals surface area contributed by atoms with Crippen LogP contribution < -0.4 is 10.2 Å². The van der Waals surface area contributed by atoms with E-state index in [0.29, 0.717) is 10.7 Å². The predicted octanol–water partition coefficient (Wildman–Crippen LogP) is 4.06. The maximum atomic E-state index is 12.4. The van der Waals surface area contributed by atoms with Gasteiger partial charge < -0.3 is 10.2 Å². The number of anilines is 2. The Balaban J connectivity index is 1.83. The highest BCUT2D eigenvalue weighted by Gasteiger charge is 2.19. The molecular weight excluding hydrogens is 322 g/mol. The Morgan fingerprint density at radius 2 is 2.12 bits per heavy atom. The van der Waals surface area contributed by atoms with Crippen LogP contribution in [-0.2, 0) is 11.2 Å². The Labute approximate surface area is 146 Å². The lowest BCUT2D eigenvalue weighted by Crippen LogP contribution is -2.19. The molecule has 0 atom stereocenters. The molecule has 1 N–H and O–H groups in total. The van der Waals surface area contributed by atoms with Crippen LogP contribution in [0, 0.1) is 18.3 Å². The summed E-state index contributed by atoms with van der Waals surface area (Å²) in [5, 5.41) is 12.7. The average molecular weight is 338 g/mol. The molecule has 2 aromatic carbocycles. The minimum Gasteiger partial charge on any atom is -0.346 e. The van der Waals surface area contributed by atoms with Crippen molar-refractivity contribution in [2.75, 3.05) is 16.8 Å². The van der Waals surface area contributed by atoms with E-state index in [1.165, 1.54) is 5.56 Å². The molecule has 3 rings (SSSR count). The van der Waals surface area contributed by atoms with E-state index in [2.05, 4.69) is 11.4 Å². The summed E-state index contributed by atoms with van der Waals surface area (Å²) in [5.41, 5.74) is 3.81. The standard InChI is InChI=1S/C19H16ClN3O/c1-13-6-7-16(20)10-17(13)22-19(24)15(11-21)12-23-9-8-14-4-2-3-5-18(14)23/h2-7,10,12H,8-9H2,1H3,(H,22,24)/b15-12-. The zero-order chi connectivity index (χ0) is 17.1. The van der Waals surface area contributed by atoms with E-state index in [-0.39, 0.29) is 5.57 Å². The van der Waals surface area contributed by atoms with Gasteiger partial charge in [-0.15, -0.1) is 0 Å². The molecule has 0 saturated heterocycles. The van der Waals surface area contributed by atoms with Crippen molar-refractivity contribution in [1.29, 1.82) is 5.26 Å². The lowest BCUT2D eigenvalue weighted by atomic mass is 10.2. The van der Waals surface area contributed by atoms with E-state index in [1.54, 1.807) is 18.3 Å². The lowest BCUT2D eigenvalue weighted by Gasteiger charge is -2.15. The molecule has 1 aliphatic heterocycles. The van der Waals surface area contributed by atoms with Gasteiger partial charge in [-0.25, -0.2) is 0 Å². The smallest absolute Gasteiger partial charge is 0.267 e. The van der Waals surface area contributed by atoms with Crippen LogP contribution in [0.2, 0.25) is 5.02 Å². The monoisotopic (exact) mass is 337 g/mol. The van der Waals surface area contributed by atoms with Crippen LogP contribution in [0.5, 0.6) is 0 Å². The third-order valence-corrected chi connectivity index (χ3v) is 4.26. The van der Waals surface area contributed by atoms with Crippen molar-refractivity contribution in [3.05, 3.63) is 70.4 Å². The van der Waals surface area contributed by atoms with Gasteiger partial charge in [0.05, 0.1) is 0 Å². The summed E-state index contributed by atoms with van der Waals surface area (Å²) >= 11 is 5.97. The number of aryl methyl sites for hydroxylation is 1. The molecular formula is C19H16ClN3O. The van der Waals surface area contributed by atoms with E-state index in [0.717, 1.165) is 24.2 Å². The first-order valence-electron chi connectivity index (χ1n) is 7.62. The average Bonchev–Trinajstić information content (AvgIpc) is 2.99. The molecule has 1 amide bonds. The van der Waals surface area contributed by atoms with E-state index >= 15 is 0 Å². The number of nitrogens with zero attached hydrogens (tertiary/aromatic N) is 2. The van der Waals surface area contributed by atoms with Crippen LogP contribution in [0.15, 0.2) is 54.2 Å². The number of hydrogen-bond donors (Lipinski definition) is 1. The van der Waals surface area contributed by atoms with E-state index < -0.39 is 5.91 Å². The number of carbonyl (C=O) groups is 1. The third kappa shape index (κ3) is 3.27. The van der Waals surface area contributed by atoms with Crippen LogP contribution in [0.1, 0.15) is 11.1 Å². The second kappa shape index (κ2) is 6.77. The van der Waals surface area contributed by atoms with Gasteiger partial charge in [0.25, 0.3) is 5.91 Å². The Morgan fingerprint density at radius 3 is 2.92 bits per heavy atom. The fraction of sp³-hybridized carbons (Fsp3) is 0.158. The van der Waals surface area contributed by atoms with Gasteiger partial charge in [-0.2, -0.15) is 5.26 Å². The quantitative estimate of drug-likeness (QED) is 0.679. The first-order valence-corrected chi connectivity index (χ1v) is 8.00. The fourth-order valence-corrected chi connectivity index (χ4v) is 2.88. The molecule has 5 heteroatoms. The Hall–Kier alpha value is -2.77. The van der Waals surface area contributed by atoms with E-state index in [4.69, 9.17) is 11.6 Å². The van der Waals surface area contributed by atoms with Crippen molar-refractivity contribution < 1.29 is 4.79 Å². The minimum absolute atomic E-state index is 0.0612. The molecule has 4 nitrogen and oxygen atoms in total. The molecule has 0 bridgehead atoms. The molecule has 0 aromatic heterocycles. The predicted molar refractivity (Wildman–Crippen MR) is 96.0 cm³/mol. The van der Waals surface area contributed by atoms with Gasteiger partial charge in [0.2, 0.25) is 0 Å². The Morgan fingerprint density at radius 1 is 1.33 bits per heavy atom. The van der Waals surface area contributed by atoms with Gasteiger partial charge in [0.15, 0.2) is 0 Å². The van der Waals surface area contributed by atoms with Crippen molar-refractivity contribution >= 4 is 28.9 Å². The summed E-state index contributed by atoms with van der Waals surface area (Å²) in [4.78, 5) is 14.4. The number of halogens is 1. The van der Waals surface area contributed by atoms with Crippen LogP contribution in [-0.4, -0.2) is 12.5 Å². The highest BCUT2D eigenvalue weighted by atomic mass is 35.5.